The minimum Gasteiger partial charge on any atom is -0.481 e. The highest BCUT2D eigenvalue weighted by Crippen LogP contribution is 2.21. The Morgan fingerprint density at radius 2 is 2.14 bits per heavy atom. The monoisotopic (exact) mass is 331 g/mol. The smallest absolute Gasteiger partial charge is 0.306 e. The van der Waals surface area contributed by atoms with E-state index in [1.165, 1.54) is 11.0 Å². The molecule has 0 aliphatic carbocycles. The summed E-state index contributed by atoms with van der Waals surface area (Å²) >= 11 is 1.11. The third-order valence-corrected chi connectivity index (χ3v) is 4.13. The minimum absolute atomic E-state index is 0.0743. The molecule has 1 N–H and O–H groups in total. The Labute approximate surface area is 130 Å². The molecule has 1 unspecified atom stereocenters. The number of thioether (sulfide) groups is 1. The van der Waals surface area contributed by atoms with Crippen LogP contribution in [0.25, 0.3) is 0 Å². The number of halogens is 2. The number of nitrogens with zero attached hydrogens (tertiary/aromatic N) is 1. The van der Waals surface area contributed by atoms with E-state index in [1.54, 1.807) is 0 Å². The van der Waals surface area contributed by atoms with Crippen LogP contribution in [0.2, 0.25) is 0 Å². The fourth-order valence-corrected chi connectivity index (χ4v) is 2.89. The van der Waals surface area contributed by atoms with E-state index in [1.807, 2.05) is 0 Å². The second kappa shape index (κ2) is 7.55. The van der Waals surface area contributed by atoms with E-state index in [-0.39, 0.29) is 24.6 Å². The summed E-state index contributed by atoms with van der Waals surface area (Å²) in [6.45, 7) is 0.913. The van der Waals surface area contributed by atoms with Crippen molar-refractivity contribution in [1.29, 1.82) is 0 Å². The summed E-state index contributed by atoms with van der Waals surface area (Å²) in [5.74, 6) is -2.97. The van der Waals surface area contributed by atoms with Crippen LogP contribution in [0.1, 0.15) is 6.42 Å². The number of aliphatic carboxylic acids is 1. The average molecular weight is 331 g/mol. The van der Waals surface area contributed by atoms with Crippen LogP contribution in [0, 0.1) is 11.6 Å². The molecule has 120 valence electrons. The van der Waals surface area contributed by atoms with Gasteiger partial charge in [0.15, 0.2) is 11.6 Å². The van der Waals surface area contributed by atoms with Crippen LogP contribution in [-0.4, -0.2) is 53.4 Å². The van der Waals surface area contributed by atoms with Gasteiger partial charge >= 0.3 is 5.97 Å². The topological polar surface area (TPSA) is 66.8 Å². The Kier molecular flexibility index (Phi) is 5.73. The molecule has 0 aromatic heterocycles. The zero-order valence-electron chi connectivity index (χ0n) is 11.6. The van der Waals surface area contributed by atoms with Gasteiger partial charge in [-0.25, -0.2) is 8.78 Å². The van der Waals surface area contributed by atoms with Gasteiger partial charge in [0.05, 0.1) is 24.9 Å². The summed E-state index contributed by atoms with van der Waals surface area (Å²) in [5, 5.41) is 8.74. The van der Waals surface area contributed by atoms with Crippen molar-refractivity contribution in [3.63, 3.8) is 0 Å². The van der Waals surface area contributed by atoms with Crippen LogP contribution < -0.4 is 0 Å². The van der Waals surface area contributed by atoms with Gasteiger partial charge in [0.1, 0.15) is 0 Å². The van der Waals surface area contributed by atoms with Crippen LogP contribution in [0.3, 0.4) is 0 Å². The summed E-state index contributed by atoms with van der Waals surface area (Å²) in [4.78, 5) is 24.7. The van der Waals surface area contributed by atoms with Gasteiger partial charge in [-0.2, -0.15) is 0 Å². The van der Waals surface area contributed by atoms with Crippen molar-refractivity contribution in [3.05, 3.63) is 29.8 Å². The van der Waals surface area contributed by atoms with Gasteiger partial charge in [0.25, 0.3) is 0 Å². The van der Waals surface area contributed by atoms with E-state index >= 15 is 0 Å². The Morgan fingerprint density at radius 3 is 2.82 bits per heavy atom. The molecule has 5 nitrogen and oxygen atoms in total. The van der Waals surface area contributed by atoms with Gasteiger partial charge in [-0.3, -0.25) is 9.59 Å². The largest absolute Gasteiger partial charge is 0.481 e. The molecule has 1 atom stereocenters. The predicted molar refractivity (Wildman–Crippen MR) is 75.7 cm³/mol. The number of ether oxygens (including phenoxy) is 1. The molecule has 1 saturated heterocycles. The third-order valence-electron chi connectivity index (χ3n) is 3.15. The molecule has 1 aliphatic rings. The maximum atomic E-state index is 13.1. The first-order valence-electron chi connectivity index (χ1n) is 6.64. The van der Waals surface area contributed by atoms with Gasteiger partial charge in [0, 0.05) is 18.0 Å². The minimum atomic E-state index is -0.976. The first kappa shape index (κ1) is 16.7. The number of carboxylic acids is 1. The Bertz CT molecular complexity index is 570. The van der Waals surface area contributed by atoms with Crippen LogP contribution in [0.15, 0.2) is 23.1 Å². The highest BCUT2D eigenvalue weighted by Gasteiger charge is 2.25. The van der Waals surface area contributed by atoms with E-state index in [0.717, 1.165) is 23.9 Å². The molecular formula is C14H15F2NO4S. The maximum Gasteiger partial charge on any atom is 0.306 e. The fraction of sp³-hybridized carbons (Fsp3) is 0.429. The maximum absolute atomic E-state index is 13.1. The molecule has 0 spiro atoms. The Balaban J connectivity index is 1.86. The SMILES string of the molecule is O=C(O)CC1CN(C(=O)CSc2ccc(F)c(F)c2)CCO1. The molecular weight excluding hydrogens is 316 g/mol. The van der Waals surface area contributed by atoms with Crippen LogP contribution >= 0.6 is 11.8 Å². The predicted octanol–water partition coefficient (Wildman–Crippen LogP) is 1.76. The van der Waals surface area contributed by atoms with Gasteiger partial charge in [-0.1, -0.05) is 0 Å². The number of carbonyl (C=O) groups excluding carboxylic acids is 1. The van der Waals surface area contributed by atoms with Crippen molar-refractivity contribution in [2.45, 2.75) is 17.4 Å². The zero-order valence-corrected chi connectivity index (χ0v) is 12.4. The number of benzene rings is 1. The summed E-state index contributed by atoms with van der Waals surface area (Å²) in [6, 6.07) is 3.46. The van der Waals surface area contributed by atoms with Crippen molar-refractivity contribution in [1.82, 2.24) is 4.90 Å². The molecule has 1 aromatic carbocycles. The second-order valence-corrected chi connectivity index (χ2v) is 5.84. The summed E-state index contributed by atoms with van der Waals surface area (Å²) in [5.41, 5.74) is 0. The van der Waals surface area contributed by atoms with Crippen molar-refractivity contribution >= 4 is 23.6 Å². The molecule has 1 aliphatic heterocycles. The van der Waals surface area contributed by atoms with Gasteiger partial charge < -0.3 is 14.7 Å². The second-order valence-electron chi connectivity index (χ2n) is 4.80. The molecule has 0 saturated carbocycles. The van der Waals surface area contributed by atoms with Crippen molar-refractivity contribution in [3.8, 4) is 0 Å². The first-order valence-corrected chi connectivity index (χ1v) is 7.63. The van der Waals surface area contributed by atoms with Gasteiger partial charge in [-0.05, 0) is 18.2 Å². The van der Waals surface area contributed by atoms with E-state index in [0.29, 0.717) is 18.0 Å². The lowest BCUT2D eigenvalue weighted by molar-refractivity contribution is -0.146. The molecule has 2 rings (SSSR count). The van der Waals surface area contributed by atoms with E-state index in [2.05, 4.69) is 0 Å². The van der Waals surface area contributed by atoms with E-state index < -0.39 is 23.7 Å². The summed E-state index contributed by atoms with van der Waals surface area (Å²) in [6.07, 6.45) is -0.663. The molecule has 1 aromatic rings. The third kappa shape index (κ3) is 4.67. The van der Waals surface area contributed by atoms with Crippen LogP contribution in [0.5, 0.6) is 0 Å². The quantitative estimate of drug-likeness (QED) is 0.833. The van der Waals surface area contributed by atoms with Crippen molar-refractivity contribution < 1.29 is 28.2 Å². The highest BCUT2D eigenvalue weighted by molar-refractivity contribution is 8.00. The highest BCUT2D eigenvalue weighted by atomic mass is 32.2. The molecule has 0 bridgehead atoms. The number of amides is 1. The number of hydrogen-bond acceptors (Lipinski definition) is 4. The van der Waals surface area contributed by atoms with Crippen LogP contribution in [0.4, 0.5) is 8.78 Å². The lowest BCUT2D eigenvalue weighted by Crippen LogP contribution is -2.46. The molecule has 1 amide bonds. The van der Waals surface area contributed by atoms with E-state index in [9.17, 15) is 18.4 Å². The molecule has 8 heteroatoms. The molecule has 0 radical (unpaired) electrons. The number of carbonyl (C=O) groups is 2. The summed E-state index contributed by atoms with van der Waals surface area (Å²) in [7, 11) is 0. The zero-order chi connectivity index (χ0) is 16.1. The number of carboxylic acid groups (broad SMARTS) is 1. The van der Waals surface area contributed by atoms with Crippen LogP contribution in [-0.2, 0) is 14.3 Å². The standard InChI is InChI=1S/C14H15F2NO4S/c15-11-2-1-10(6-12(11)16)22-8-13(18)17-3-4-21-9(7-17)5-14(19)20/h1-2,6,9H,3-5,7-8H2,(H,19,20). The Morgan fingerprint density at radius 1 is 1.36 bits per heavy atom. The van der Waals surface area contributed by atoms with Crippen molar-refractivity contribution in [2.24, 2.45) is 0 Å². The first-order chi connectivity index (χ1) is 10.5. The van der Waals surface area contributed by atoms with Crippen molar-refractivity contribution in [2.75, 3.05) is 25.4 Å². The van der Waals surface area contributed by atoms with Gasteiger partial charge in [0.2, 0.25) is 5.91 Å². The number of rotatable bonds is 5. The lowest BCUT2D eigenvalue weighted by Gasteiger charge is -2.32. The fourth-order valence-electron chi connectivity index (χ4n) is 2.07. The van der Waals surface area contributed by atoms with Gasteiger partial charge in [-0.15, -0.1) is 11.8 Å². The molecule has 1 fully saturated rings. The molecule has 22 heavy (non-hydrogen) atoms. The normalized spacial score (nSPS) is 18.3. The van der Waals surface area contributed by atoms with E-state index in [4.69, 9.17) is 9.84 Å². The summed E-state index contributed by atoms with van der Waals surface area (Å²) < 4.78 is 31.2. The number of morpholine rings is 1. The number of hydrogen-bond donors (Lipinski definition) is 1. The average Bonchev–Trinajstić information content (AvgIpc) is 2.48. The molecule has 1 heterocycles. The Hall–Kier alpha value is -1.67. The lowest BCUT2D eigenvalue weighted by atomic mass is 10.2.